The van der Waals surface area contributed by atoms with Crippen LogP contribution in [0.3, 0.4) is 0 Å². The number of nitrogens with zero attached hydrogens (tertiary/aromatic N) is 3. The molecule has 33 heavy (non-hydrogen) atoms. The lowest BCUT2D eigenvalue weighted by Gasteiger charge is -2.29. The molecule has 0 bridgehead atoms. The van der Waals surface area contributed by atoms with Gasteiger partial charge in [0.05, 0.1) is 17.0 Å². The third-order valence-corrected chi connectivity index (χ3v) is 8.89. The summed E-state index contributed by atoms with van der Waals surface area (Å²) in [4.78, 5) is 4.62. The smallest absolute Gasteiger partial charge is 0.245 e. The molecule has 1 aromatic heterocycles. The number of sulfonamides is 1. The normalized spacial score (nSPS) is 23.2. The molecule has 1 saturated carbocycles. The van der Waals surface area contributed by atoms with Crippen LogP contribution in [-0.4, -0.2) is 46.4 Å². The third kappa shape index (κ3) is 6.22. The molecule has 0 amide bonds. The molecule has 0 radical (unpaired) electrons. The quantitative estimate of drug-likeness (QED) is 0.543. The second kappa shape index (κ2) is 10.2. The zero-order valence-corrected chi connectivity index (χ0v) is 20.9. The van der Waals surface area contributed by atoms with Crippen molar-refractivity contribution in [1.82, 2.24) is 14.4 Å². The highest BCUT2D eigenvalue weighted by atomic mass is 32.2. The maximum atomic E-state index is 13.6. The van der Waals surface area contributed by atoms with Gasteiger partial charge in [0, 0.05) is 19.4 Å². The largest absolute Gasteiger partial charge is 0.371 e. The van der Waals surface area contributed by atoms with Crippen molar-refractivity contribution in [3.63, 3.8) is 0 Å². The van der Waals surface area contributed by atoms with Gasteiger partial charge in [0.2, 0.25) is 15.9 Å². The van der Waals surface area contributed by atoms with Crippen LogP contribution in [0.25, 0.3) is 0 Å². The number of hydrogen-bond acceptors (Lipinski definition) is 6. The molecule has 8 heteroatoms. The van der Waals surface area contributed by atoms with Crippen molar-refractivity contribution in [3.05, 3.63) is 47.6 Å². The van der Waals surface area contributed by atoms with Crippen LogP contribution in [-0.2, 0) is 27.6 Å². The lowest BCUT2D eigenvalue weighted by atomic mass is 10.0. The van der Waals surface area contributed by atoms with E-state index in [-0.39, 0.29) is 17.0 Å². The number of aryl methyl sites for hydroxylation is 2. The summed E-state index contributed by atoms with van der Waals surface area (Å²) in [5.41, 5.74) is 0.931. The number of hydrogen-bond donors (Lipinski definition) is 0. The van der Waals surface area contributed by atoms with Crippen LogP contribution in [0.2, 0.25) is 0 Å². The molecule has 0 unspecified atom stereocenters. The lowest BCUT2D eigenvalue weighted by Crippen LogP contribution is -2.40. The van der Waals surface area contributed by atoms with Crippen LogP contribution in [0.1, 0.15) is 89.0 Å². The van der Waals surface area contributed by atoms with Gasteiger partial charge in [-0.15, -0.1) is 0 Å². The van der Waals surface area contributed by atoms with Crippen LogP contribution < -0.4 is 0 Å². The lowest BCUT2D eigenvalue weighted by molar-refractivity contribution is -0.0526. The fourth-order valence-corrected chi connectivity index (χ4v) is 7.23. The molecule has 1 saturated heterocycles. The molecular formula is C25H37N3O4S. The first kappa shape index (κ1) is 24.4. The molecule has 2 fully saturated rings. The highest BCUT2D eigenvalue weighted by molar-refractivity contribution is 7.89. The van der Waals surface area contributed by atoms with Crippen molar-refractivity contribution >= 4 is 10.0 Å². The van der Waals surface area contributed by atoms with Gasteiger partial charge >= 0.3 is 0 Å². The summed E-state index contributed by atoms with van der Waals surface area (Å²) in [6.07, 6.45) is 7.40. The maximum absolute atomic E-state index is 13.6. The van der Waals surface area contributed by atoms with Crippen molar-refractivity contribution in [1.29, 1.82) is 0 Å². The summed E-state index contributed by atoms with van der Waals surface area (Å²) in [7, 11) is -3.47. The zero-order valence-electron chi connectivity index (χ0n) is 20.1. The van der Waals surface area contributed by atoms with Gasteiger partial charge in [0.15, 0.2) is 5.82 Å². The predicted molar refractivity (Wildman–Crippen MR) is 127 cm³/mol. The van der Waals surface area contributed by atoms with E-state index in [1.165, 1.54) is 5.56 Å². The Morgan fingerprint density at radius 3 is 2.52 bits per heavy atom. The minimum atomic E-state index is -3.47. The Kier molecular flexibility index (Phi) is 7.56. The predicted octanol–water partition coefficient (Wildman–Crippen LogP) is 4.84. The van der Waals surface area contributed by atoms with Crippen LogP contribution in [0.15, 0.2) is 34.9 Å². The van der Waals surface area contributed by atoms with Gasteiger partial charge in [0.1, 0.15) is 6.04 Å². The van der Waals surface area contributed by atoms with Gasteiger partial charge in [-0.3, -0.25) is 0 Å². The highest BCUT2D eigenvalue weighted by Crippen LogP contribution is 2.39. The van der Waals surface area contributed by atoms with Crippen molar-refractivity contribution in [2.75, 3.05) is 6.54 Å². The Hall–Kier alpha value is -1.77. The van der Waals surface area contributed by atoms with E-state index in [4.69, 9.17) is 9.26 Å². The minimum absolute atomic E-state index is 0.193. The Bertz CT molecular complexity index is 994. The number of ether oxygens (including phenoxy) is 1. The first-order valence-electron chi connectivity index (χ1n) is 12.3. The molecule has 2 atom stereocenters. The molecule has 1 aliphatic heterocycles. The summed E-state index contributed by atoms with van der Waals surface area (Å²) in [5.74, 6) is 1.03. The molecular weight excluding hydrogens is 438 g/mol. The average molecular weight is 476 g/mol. The summed E-state index contributed by atoms with van der Waals surface area (Å²) in [5, 5.41) is 3.85. The summed E-state index contributed by atoms with van der Waals surface area (Å²) >= 11 is 0. The van der Waals surface area contributed by atoms with Crippen molar-refractivity contribution in [2.45, 2.75) is 102 Å². The Labute approximate surface area is 197 Å². The van der Waals surface area contributed by atoms with E-state index in [0.717, 1.165) is 44.9 Å². The van der Waals surface area contributed by atoms with E-state index in [1.54, 1.807) is 4.31 Å². The van der Waals surface area contributed by atoms with Crippen LogP contribution in [0.4, 0.5) is 0 Å². The van der Waals surface area contributed by atoms with Gasteiger partial charge in [-0.2, -0.15) is 9.29 Å². The van der Waals surface area contributed by atoms with Crippen molar-refractivity contribution in [3.8, 4) is 0 Å². The standard InChI is InChI=1S/C25H37N3O4S/c1-25(2,3)31-20-17-22(28(18-20)33(29,30)21-14-8-5-9-15-21)24-26-23(27-32-24)16-10-13-19-11-6-4-7-12-19/h4,6-7,11-12,20-22H,5,8-10,13-18H2,1-3H3/t20-,22+/m1/s1. The molecule has 0 spiro atoms. The second-order valence-electron chi connectivity index (χ2n) is 10.4. The second-order valence-corrected chi connectivity index (χ2v) is 12.5. The third-order valence-electron chi connectivity index (χ3n) is 6.52. The number of benzene rings is 1. The van der Waals surface area contributed by atoms with E-state index in [9.17, 15) is 8.42 Å². The van der Waals surface area contributed by atoms with E-state index in [0.29, 0.717) is 31.1 Å². The molecule has 2 aromatic rings. The van der Waals surface area contributed by atoms with Gasteiger partial charge in [-0.05, 0) is 52.0 Å². The Balaban J connectivity index is 1.48. The van der Waals surface area contributed by atoms with Crippen molar-refractivity contribution < 1.29 is 17.7 Å². The average Bonchev–Trinajstić information content (AvgIpc) is 3.41. The first-order valence-corrected chi connectivity index (χ1v) is 13.8. The van der Waals surface area contributed by atoms with Gasteiger partial charge in [-0.25, -0.2) is 8.42 Å². The van der Waals surface area contributed by atoms with E-state index < -0.39 is 16.1 Å². The molecule has 1 aromatic carbocycles. The first-order chi connectivity index (χ1) is 15.7. The SMILES string of the molecule is CC(C)(C)O[C@@H]1C[C@@H](c2nc(CCCc3ccccc3)no2)N(S(=O)(=O)C2CCCCC2)C1. The molecule has 1 aliphatic carbocycles. The number of rotatable bonds is 8. The molecule has 182 valence electrons. The van der Waals surface area contributed by atoms with E-state index in [1.807, 2.05) is 39.0 Å². The van der Waals surface area contributed by atoms with Crippen LogP contribution in [0.5, 0.6) is 0 Å². The van der Waals surface area contributed by atoms with Gasteiger partial charge in [-0.1, -0.05) is 54.8 Å². The topological polar surface area (TPSA) is 85.5 Å². The maximum Gasteiger partial charge on any atom is 0.245 e. The molecule has 7 nitrogen and oxygen atoms in total. The molecule has 2 heterocycles. The highest BCUT2D eigenvalue weighted by Gasteiger charge is 2.47. The Morgan fingerprint density at radius 2 is 1.82 bits per heavy atom. The van der Waals surface area contributed by atoms with Gasteiger partial charge < -0.3 is 9.26 Å². The zero-order chi connectivity index (χ0) is 23.5. The molecule has 2 aliphatic rings. The van der Waals surface area contributed by atoms with E-state index >= 15 is 0 Å². The molecule has 4 rings (SSSR count). The monoisotopic (exact) mass is 475 g/mol. The summed E-state index contributed by atoms with van der Waals surface area (Å²) in [6.45, 7) is 6.33. The molecule has 0 N–H and O–H groups in total. The van der Waals surface area contributed by atoms with Crippen molar-refractivity contribution in [2.24, 2.45) is 0 Å². The summed E-state index contributed by atoms with van der Waals surface area (Å²) < 4.78 is 40.6. The fourth-order valence-electron chi connectivity index (χ4n) is 5.01. The van der Waals surface area contributed by atoms with E-state index in [2.05, 4.69) is 22.3 Å². The number of aromatic nitrogens is 2. The summed E-state index contributed by atoms with van der Waals surface area (Å²) in [6, 6.07) is 9.87. The minimum Gasteiger partial charge on any atom is -0.371 e. The van der Waals surface area contributed by atoms with Gasteiger partial charge in [0.25, 0.3) is 0 Å². The fraction of sp³-hybridized carbons (Fsp3) is 0.680. The Morgan fingerprint density at radius 1 is 1.09 bits per heavy atom. The van der Waals surface area contributed by atoms with Crippen LogP contribution in [0, 0.1) is 0 Å². The van der Waals surface area contributed by atoms with Crippen LogP contribution >= 0.6 is 0 Å².